The summed E-state index contributed by atoms with van der Waals surface area (Å²) in [5.74, 6) is -0.309. The van der Waals surface area contributed by atoms with Crippen molar-refractivity contribution in [3.8, 4) is 16.9 Å². The van der Waals surface area contributed by atoms with Gasteiger partial charge in [-0.15, -0.1) is 0 Å². The molecule has 4 N–H and O–H groups in total. The number of para-hydroxylation sites is 1. The molecule has 0 heterocycles. The largest absolute Gasteiger partial charge is 0.489 e. The number of hydrogen-bond donors (Lipinski definition) is 3. The lowest BCUT2D eigenvalue weighted by molar-refractivity contribution is -0.136. The zero-order valence-corrected chi connectivity index (χ0v) is 16.3. The number of nitrogens with two attached hydrogens (primary N) is 1. The summed E-state index contributed by atoms with van der Waals surface area (Å²) in [5.41, 5.74) is 11.7. The van der Waals surface area contributed by atoms with E-state index in [1.54, 1.807) is 18.2 Å². The van der Waals surface area contributed by atoms with Gasteiger partial charge < -0.3 is 20.7 Å². The van der Waals surface area contributed by atoms with Crippen molar-refractivity contribution in [3.63, 3.8) is 0 Å². The lowest BCUT2D eigenvalue weighted by Gasteiger charge is -2.16. The van der Waals surface area contributed by atoms with Crippen LogP contribution in [0.25, 0.3) is 11.1 Å². The molecule has 0 aliphatic carbocycles. The number of carboxylic acid groups (broad SMARTS) is 1. The molecule has 0 aliphatic heterocycles. The maximum atomic E-state index is 11.1. The fourth-order valence-corrected chi connectivity index (χ4v) is 3.30. The Hall–Kier alpha value is -3.15. The van der Waals surface area contributed by atoms with Crippen molar-refractivity contribution in [1.29, 1.82) is 0 Å². The van der Waals surface area contributed by atoms with E-state index in [0.29, 0.717) is 17.9 Å². The predicted molar refractivity (Wildman–Crippen MR) is 113 cm³/mol. The molecule has 0 radical (unpaired) electrons. The van der Waals surface area contributed by atoms with Gasteiger partial charge in [0.1, 0.15) is 12.4 Å². The molecule has 0 amide bonds. The van der Waals surface area contributed by atoms with Crippen molar-refractivity contribution in [1.82, 2.24) is 0 Å². The molecule has 5 heteroatoms. The van der Waals surface area contributed by atoms with Crippen molar-refractivity contribution in [2.75, 3.05) is 6.61 Å². The van der Waals surface area contributed by atoms with E-state index in [2.05, 4.69) is 0 Å². The van der Waals surface area contributed by atoms with Gasteiger partial charge in [0.05, 0.1) is 19.1 Å². The van der Waals surface area contributed by atoms with Crippen LogP contribution in [-0.2, 0) is 17.8 Å². The summed E-state index contributed by atoms with van der Waals surface area (Å²) < 4.78 is 5.96. The average molecular weight is 391 g/mol. The van der Waals surface area contributed by atoms with E-state index in [1.165, 1.54) is 0 Å². The zero-order chi connectivity index (χ0) is 20.8. The first kappa shape index (κ1) is 20.6. The van der Waals surface area contributed by atoms with Crippen LogP contribution in [0.4, 0.5) is 0 Å². The lowest BCUT2D eigenvalue weighted by atomic mass is 9.94. The maximum absolute atomic E-state index is 11.1. The highest BCUT2D eigenvalue weighted by Crippen LogP contribution is 2.29. The molecule has 5 nitrogen and oxygen atoms in total. The van der Waals surface area contributed by atoms with Crippen LogP contribution in [0.15, 0.2) is 66.7 Å². The number of ether oxygens (including phenoxy) is 1. The fourth-order valence-electron chi connectivity index (χ4n) is 3.30. The van der Waals surface area contributed by atoms with Gasteiger partial charge in [0.25, 0.3) is 0 Å². The van der Waals surface area contributed by atoms with Crippen LogP contribution in [-0.4, -0.2) is 22.8 Å². The van der Waals surface area contributed by atoms with Crippen LogP contribution in [0.1, 0.15) is 28.3 Å². The Morgan fingerprint density at radius 1 is 1.03 bits per heavy atom. The van der Waals surface area contributed by atoms with E-state index in [-0.39, 0.29) is 13.0 Å². The molecular weight excluding hydrogens is 366 g/mol. The normalized spacial score (nSPS) is 11.8. The number of aliphatic hydroxyl groups is 1. The Kier molecular flexibility index (Phi) is 6.65. The van der Waals surface area contributed by atoms with E-state index in [0.717, 1.165) is 27.8 Å². The quantitative estimate of drug-likeness (QED) is 0.542. The average Bonchev–Trinajstić information content (AvgIpc) is 2.73. The number of carbonyl (C=O) groups is 1. The van der Waals surface area contributed by atoms with Crippen LogP contribution in [0.5, 0.6) is 5.75 Å². The van der Waals surface area contributed by atoms with Crippen molar-refractivity contribution < 1.29 is 19.7 Å². The Morgan fingerprint density at radius 3 is 2.52 bits per heavy atom. The van der Waals surface area contributed by atoms with E-state index in [1.807, 2.05) is 55.5 Å². The summed E-state index contributed by atoms with van der Waals surface area (Å²) in [6.07, 6.45) is -0.0763. The first-order valence-electron chi connectivity index (χ1n) is 9.47. The summed E-state index contributed by atoms with van der Waals surface area (Å²) in [5, 5.41) is 18.4. The van der Waals surface area contributed by atoms with Crippen molar-refractivity contribution in [2.45, 2.75) is 26.0 Å². The second kappa shape index (κ2) is 9.37. The van der Waals surface area contributed by atoms with Crippen molar-refractivity contribution >= 4 is 5.97 Å². The second-order valence-electron chi connectivity index (χ2n) is 6.97. The summed E-state index contributed by atoms with van der Waals surface area (Å²) in [7, 11) is 0. The van der Waals surface area contributed by atoms with Crippen LogP contribution < -0.4 is 10.5 Å². The van der Waals surface area contributed by atoms with Gasteiger partial charge in [-0.2, -0.15) is 0 Å². The Labute approximate surface area is 170 Å². The molecule has 3 aromatic rings. The molecule has 3 rings (SSSR count). The number of aliphatic carboxylic acids is 1. The maximum Gasteiger partial charge on any atom is 0.307 e. The first-order valence-corrected chi connectivity index (χ1v) is 9.47. The van der Waals surface area contributed by atoms with Crippen LogP contribution in [0.2, 0.25) is 0 Å². The highest BCUT2D eigenvalue weighted by molar-refractivity contribution is 5.71. The lowest BCUT2D eigenvalue weighted by Crippen LogP contribution is -2.14. The minimum Gasteiger partial charge on any atom is -0.489 e. The molecule has 3 aromatic carbocycles. The van der Waals surface area contributed by atoms with E-state index >= 15 is 0 Å². The van der Waals surface area contributed by atoms with Crippen LogP contribution in [0, 0.1) is 6.92 Å². The summed E-state index contributed by atoms with van der Waals surface area (Å²) in [6, 6.07) is 20.7. The summed E-state index contributed by atoms with van der Waals surface area (Å²) in [6.45, 7) is 2.27. The molecule has 0 saturated heterocycles. The molecule has 150 valence electrons. The number of rotatable bonds is 8. The topological polar surface area (TPSA) is 92.8 Å². The fraction of sp³-hybridized carbons (Fsp3) is 0.208. The summed E-state index contributed by atoms with van der Waals surface area (Å²) >= 11 is 0. The number of aliphatic hydroxyl groups excluding tert-OH is 1. The summed E-state index contributed by atoms with van der Waals surface area (Å²) in [4.78, 5) is 11.1. The monoisotopic (exact) mass is 391 g/mol. The third kappa shape index (κ3) is 5.02. The molecule has 1 unspecified atom stereocenters. The van der Waals surface area contributed by atoms with Gasteiger partial charge >= 0.3 is 5.97 Å². The first-order chi connectivity index (χ1) is 14.0. The predicted octanol–water partition coefficient (Wildman–Crippen LogP) is 3.86. The molecular formula is C24H25NO4. The van der Waals surface area contributed by atoms with Gasteiger partial charge in [-0.25, -0.2) is 0 Å². The standard InChI is InChI=1S/C24H25NO4/c1-16-20(15-29-23-11-3-2-6-19(23)13-24(27)28)9-5-10-21(16)17-7-4-8-18(12-17)22(25)14-26/h2-12,22,26H,13-15,25H2,1H3,(H,27,28). The van der Waals surface area contributed by atoms with Gasteiger partial charge in [-0.05, 0) is 46.9 Å². The smallest absolute Gasteiger partial charge is 0.307 e. The Bertz CT molecular complexity index is 1000. The SMILES string of the molecule is Cc1c(COc2ccccc2CC(=O)O)cccc1-c1cccc(C(N)CO)c1. The van der Waals surface area contributed by atoms with Crippen LogP contribution >= 0.6 is 0 Å². The van der Waals surface area contributed by atoms with Gasteiger partial charge in [0.2, 0.25) is 0 Å². The van der Waals surface area contributed by atoms with Crippen molar-refractivity contribution in [3.05, 3.63) is 89.0 Å². The molecule has 0 aromatic heterocycles. The number of carboxylic acids is 1. The molecule has 0 saturated carbocycles. The Balaban J connectivity index is 1.84. The Morgan fingerprint density at radius 2 is 1.76 bits per heavy atom. The van der Waals surface area contributed by atoms with Gasteiger partial charge in [0, 0.05) is 5.56 Å². The van der Waals surface area contributed by atoms with Gasteiger partial charge in [-0.3, -0.25) is 4.79 Å². The van der Waals surface area contributed by atoms with Crippen molar-refractivity contribution in [2.24, 2.45) is 5.73 Å². The highest BCUT2D eigenvalue weighted by Gasteiger charge is 2.12. The number of benzene rings is 3. The molecule has 29 heavy (non-hydrogen) atoms. The number of hydrogen-bond acceptors (Lipinski definition) is 4. The molecule has 0 spiro atoms. The third-order valence-electron chi connectivity index (χ3n) is 4.97. The van der Waals surface area contributed by atoms with Gasteiger partial charge in [0.15, 0.2) is 0 Å². The zero-order valence-electron chi connectivity index (χ0n) is 16.3. The molecule has 0 aliphatic rings. The minimum absolute atomic E-state index is 0.0763. The van der Waals surface area contributed by atoms with E-state index in [4.69, 9.17) is 15.6 Å². The minimum atomic E-state index is -0.889. The van der Waals surface area contributed by atoms with E-state index in [9.17, 15) is 9.90 Å². The molecule has 0 bridgehead atoms. The molecule has 1 atom stereocenters. The van der Waals surface area contributed by atoms with Gasteiger partial charge in [-0.1, -0.05) is 54.6 Å². The third-order valence-corrected chi connectivity index (χ3v) is 4.97. The second-order valence-corrected chi connectivity index (χ2v) is 6.97. The molecule has 0 fully saturated rings. The van der Waals surface area contributed by atoms with Crippen LogP contribution in [0.3, 0.4) is 0 Å². The highest BCUT2D eigenvalue weighted by atomic mass is 16.5. The van der Waals surface area contributed by atoms with E-state index < -0.39 is 12.0 Å².